The van der Waals surface area contributed by atoms with E-state index in [1.807, 2.05) is 6.26 Å². The molecule has 0 fully saturated rings. The zero-order valence-corrected chi connectivity index (χ0v) is 18.9. The zero-order chi connectivity index (χ0) is 22.1. The molecule has 0 heterocycles. The van der Waals surface area contributed by atoms with Crippen LogP contribution in [-0.4, -0.2) is 45.5 Å². The van der Waals surface area contributed by atoms with Crippen LogP contribution in [0.1, 0.15) is 22.3 Å². The number of thioether (sulfide) groups is 1. The van der Waals surface area contributed by atoms with E-state index in [1.54, 1.807) is 24.3 Å². The quantitative estimate of drug-likeness (QED) is 0.518. The first-order valence-corrected chi connectivity index (χ1v) is 12.2. The van der Waals surface area contributed by atoms with Crippen molar-refractivity contribution in [2.24, 2.45) is 0 Å². The first-order valence-electron chi connectivity index (χ1n) is 8.98. The number of sulfonamides is 1. The van der Waals surface area contributed by atoms with E-state index in [1.165, 1.54) is 43.1 Å². The van der Waals surface area contributed by atoms with Crippen LogP contribution in [0.3, 0.4) is 0 Å². The number of halogens is 1. The SMILES string of the molecule is COC(=O)c1ccc(CNC(=O)[C@H](CCSC)NS(=O)(=O)c2ccc(Cl)cc2)cc1. The van der Waals surface area contributed by atoms with Gasteiger partial charge in [-0.05, 0) is 60.4 Å². The number of methoxy groups -OCH3 is 1. The van der Waals surface area contributed by atoms with E-state index in [0.29, 0.717) is 22.8 Å². The van der Waals surface area contributed by atoms with Gasteiger partial charge in [-0.15, -0.1) is 0 Å². The second-order valence-corrected chi connectivity index (χ2v) is 9.45. The van der Waals surface area contributed by atoms with Gasteiger partial charge in [0.2, 0.25) is 15.9 Å². The summed E-state index contributed by atoms with van der Waals surface area (Å²) in [4.78, 5) is 24.2. The Labute approximate surface area is 185 Å². The van der Waals surface area contributed by atoms with Gasteiger partial charge in [0.1, 0.15) is 6.04 Å². The lowest BCUT2D eigenvalue weighted by Crippen LogP contribution is -2.46. The van der Waals surface area contributed by atoms with E-state index in [4.69, 9.17) is 11.6 Å². The lowest BCUT2D eigenvalue weighted by atomic mass is 10.1. The molecule has 30 heavy (non-hydrogen) atoms. The molecule has 7 nitrogen and oxygen atoms in total. The molecule has 2 N–H and O–H groups in total. The van der Waals surface area contributed by atoms with Crippen molar-refractivity contribution in [2.75, 3.05) is 19.1 Å². The van der Waals surface area contributed by atoms with E-state index < -0.39 is 27.9 Å². The molecule has 2 aromatic rings. The van der Waals surface area contributed by atoms with E-state index in [0.717, 1.165) is 5.56 Å². The predicted octanol–water partition coefficient (Wildman–Crippen LogP) is 2.84. The largest absolute Gasteiger partial charge is 0.465 e. The second kappa shape index (κ2) is 11.4. The molecule has 0 unspecified atom stereocenters. The monoisotopic (exact) mass is 470 g/mol. The Morgan fingerprint density at radius 2 is 1.73 bits per heavy atom. The minimum atomic E-state index is -3.88. The third kappa shape index (κ3) is 7.02. The molecule has 2 aromatic carbocycles. The number of ether oxygens (including phenoxy) is 1. The molecule has 162 valence electrons. The second-order valence-electron chi connectivity index (χ2n) is 6.32. The molecular formula is C20H23ClN2O5S2. The molecule has 0 aromatic heterocycles. The summed E-state index contributed by atoms with van der Waals surface area (Å²) in [6.07, 6.45) is 2.21. The fourth-order valence-electron chi connectivity index (χ4n) is 2.54. The predicted molar refractivity (Wildman–Crippen MR) is 118 cm³/mol. The van der Waals surface area contributed by atoms with E-state index in [9.17, 15) is 18.0 Å². The number of rotatable bonds is 10. The van der Waals surface area contributed by atoms with Crippen LogP contribution in [0.15, 0.2) is 53.4 Å². The van der Waals surface area contributed by atoms with Crippen LogP contribution in [0.25, 0.3) is 0 Å². The summed E-state index contributed by atoms with van der Waals surface area (Å²) >= 11 is 7.33. The third-order valence-electron chi connectivity index (χ3n) is 4.19. The highest BCUT2D eigenvalue weighted by Gasteiger charge is 2.25. The number of nitrogens with one attached hydrogen (secondary N) is 2. The van der Waals surface area contributed by atoms with E-state index in [-0.39, 0.29) is 11.4 Å². The molecule has 0 aliphatic heterocycles. The van der Waals surface area contributed by atoms with Crippen molar-refractivity contribution in [2.45, 2.75) is 23.9 Å². The molecule has 1 atom stereocenters. The minimum absolute atomic E-state index is 0.0345. The highest BCUT2D eigenvalue weighted by atomic mass is 35.5. The van der Waals surface area contributed by atoms with Crippen LogP contribution in [0, 0.1) is 0 Å². The van der Waals surface area contributed by atoms with Crippen molar-refractivity contribution >= 4 is 45.3 Å². The Hall–Kier alpha value is -2.07. The molecule has 0 radical (unpaired) electrons. The number of esters is 1. The molecule has 0 aliphatic rings. The third-order valence-corrected chi connectivity index (χ3v) is 6.57. The molecule has 0 bridgehead atoms. The molecule has 0 spiro atoms. The van der Waals surface area contributed by atoms with Gasteiger partial charge < -0.3 is 10.1 Å². The summed E-state index contributed by atoms with van der Waals surface area (Å²) in [5, 5.41) is 3.16. The average molecular weight is 471 g/mol. The van der Waals surface area contributed by atoms with Gasteiger partial charge in [0.05, 0.1) is 17.6 Å². The summed E-state index contributed by atoms with van der Waals surface area (Å²) in [6.45, 7) is 0.193. The summed E-state index contributed by atoms with van der Waals surface area (Å²) in [6, 6.07) is 11.4. The fourth-order valence-corrected chi connectivity index (χ4v) is 4.36. The molecule has 10 heteroatoms. The van der Waals surface area contributed by atoms with Crippen molar-refractivity contribution in [1.82, 2.24) is 10.0 Å². The maximum atomic E-state index is 12.7. The lowest BCUT2D eigenvalue weighted by molar-refractivity contribution is -0.122. The van der Waals surface area contributed by atoms with Gasteiger partial charge >= 0.3 is 5.97 Å². The van der Waals surface area contributed by atoms with Crippen molar-refractivity contribution < 1.29 is 22.7 Å². The van der Waals surface area contributed by atoms with Crippen LogP contribution in [0.2, 0.25) is 5.02 Å². The highest BCUT2D eigenvalue weighted by Crippen LogP contribution is 2.15. The number of benzene rings is 2. The summed E-state index contributed by atoms with van der Waals surface area (Å²) in [5.74, 6) is -0.271. The van der Waals surface area contributed by atoms with Crippen LogP contribution in [0.5, 0.6) is 0 Å². The molecule has 0 aliphatic carbocycles. The van der Waals surface area contributed by atoms with Crippen LogP contribution < -0.4 is 10.0 Å². The van der Waals surface area contributed by atoms with E-state index >= 15 is 0 Å². The van der Waals surface area contributed by atoms with Gasteiger partial charge in [-0.1, -0.05) is 23.7 Å². The van der Waals surface area contributed by atoms with Crippen molar-refractivity contribution in [3.05, 3.63) is 64.7 Å². The number of amides is 1. The van der Waals surface area contributed by atoms with Gasteiger partial charge in [-0.3, -0.25) is 4.79 Å². The maximum absolute atomic E-state index is 12.7. The van der Waals surface area contributed by atoms with Gasteiger partial charge in [-0.2, -0.15) is 16.5 Å². The van der Waals surface area contributed by atoms with Crippen molar-refractivity contribution in [3.63, 3.8) is 0 Å². The number of carbonyl (C=O) groups is 2. The zero-order valence-electron chi connectivity index (χ0n) is 16.6. The van der Waals surface area contributed by atoms with Gasteiger partial charge in [0.15, 0.2) is 0 Å². The Bertz CT molecular complexity index is 964. The number of hydrogen-bond donors (Lipinski definition) is 2. The van der Waals surface area contributed by atoms with Gasteiger partial charge in [-0.25, -0.2) is 13.2 Å². The first kappa shape index (κ1) is 24.2. The van der Waals surface area contributed by atoms with Crippen LogP contribution >= 0.6 is 23.4 Å². The van der Waals surface area contributed by atoms with Crippen LogP contribution in [0.4, 0.5) is 0 Å². The summed E-state index contributed by atoms with van der Waals surface area (Å²) in [7, 11) is -2.58. The Morgan fingerprint density at radius 3 is 2.30 bits per heavy atom. The molecule has 1 amide bonds. The van der Waals surface area contributed by atoms with E-state index in [2.05, 4.69) is 14.8 Å². The molecule has 0 saturated carbocycles. The number of hydrogen-bond acceptors (Lipinski definition) is 6. The first-order chi connectivity index (χ1) is 14.3. The topological polar surface area (TPSA) is 102 Å². The fraction of sp³-hybridized carbons (Fsp3) is 0.300. The Kier molecular flexibility index (Phi) is 9.16. The van der Waals surface area contributed by atoms with Crippen molar-refractivity contribution in [1.29, 1.82) is 0 Å². The smallest absolute Gasteiger partial charge is 0.337 e. The normalized spacial score (nSPS) is 12.2. The lowest BCUT2D eigenvalue weighted by Gasteiger charge is -2.18. The summed E-state index contributed by atoms with van der Waals surface area (Å²) in [5.41, 5.74) is 1.17. The maximum Gasteiger partial charge on any atom is 0.337 e. The van der Waals surface area contributed by atoms with Gasteiger partial charge in [0, 0.05) is 11.6 Å². The van der Waals surface area contributed by atoms with Crippen LogP contribution in [-0.2, 0) is 26.1 Å². The standard InChI is InChI=1S/C20H23ClN2O5S2/c1-28-20(25)15-5-3-14(4-6-15)13-22-19(24)18(11-12-29-2)23-30(26,27)17-9-7-16(21)8-10-17/h3-10,18,23H,11-13H2,1-2H3,(H,22,24)/t18-/m0/s1. The Morgan fingerprint density at radius 1 is 1.10 bits per heavy atom. The van der Waals surface area contributed by atoms with Gasteiger partial charge in [0.25, 0.3) is 0 Å². The number of carbonyl (C=O) groups excluding carboxylic acids is 2. The summed E-state index contributed by atoms with van der Waals surface area (Å²) < 4.78 is 32.4. The average Bonchev–Trinajstić information content (AvgIpc) is 2.75. The minimum Gasteiger partial charge on any atom is -0.465 e. The molecular weight excluding hydrogens is 448 g/mol. The molecule has 0 saturated heterocycles. The Balaban J connectivity index is 2.05. The highest BCUT2D eigenvalue weighted by molar-refractivity contribution is 7.98. The van der Waals surface area contributed by atoms with Crippen molar-refractivity contribution in [3.8, 4) is 0 Å². The molecule has 2 rings (SSSR count).